The van der Waals surface area contributed by atoms with Crippen LogP contribution in [-0.2, 0) is 0 Å². The average Bonchev–Trinajstić information content (AvgIpc) is 2.07. The smallest absolute Gasteiger partial charge is 0.187 e. The van der Waals surface area contributed by atoms with Gasteiger partial charge in [0.05, 0.1) is 0 Å². The second kappa shape index (κ2) is 3.56. The minimum absolute atomic E-state index is 0.0619. The highest BCUT2D eigenvalue weighted by molar-refractivity contribution is 6.04. The molecule has 0 atom stereocenters. The monoisotopic (exact) mass is 147 g/mol. The summed E-state index contributed by atoms with van der Waals surface area (Å²) in [4.78, 5) is 11.1. The van der Waals surface area contributed by atoms with Gasteiger partial charge in [0, 0.05) is 11.6 Å². The number of nitrogens with two attached hydrogens (primary N) is 1. The topological polar surface area (TPSA) is 43.1 Å². The lowest BCUT2D eigenvalue weighted by molar-refractivity contribution is 0.104. The van der Waals surface area contributed by atoms with E-state index in [4.69, 9.17) is 5.73 Å². The molecule has 0 heterocycles. The molecule has 1 aromatic rings. The van der Waals surface area contributed by atoms with Gasteiger partial charge in [-0.3, -0.25) is 4.79 Å². The van der Waals surface area contributed by atoms with Gasteiger partial charge in [0.1, 0.15) is 0 Å². The maximum Gasteiger partial charge on any atom is 0.187 e. The Bertz CT molecular complexity index is 264. The van der Waals surface area contributed by atoms with Crippen molar-refractivity contribution < 1.29 is 4.79 Å². The minimum atomic E-state index is -0.0619. The molecule has 11 heavy (non-hydrogen) atoms. The maximum atomic E-state index is 11.1. The summed E-state index contributed by atoms with van der Waals surface area (Å²) in [6.07, 6.45) is 2.59. The highest BCUT2D eigenvalue weighted by atomic mass is 16.1. The standard InChI is InChI=1S/C9H9NO/c10-7-6-9(11)8-4-2-1-3-5-8/h1-7H,10H2. The van der Waals surface area contributed by atoms with Crippen molar-refractivity contribution in [1.82, 2.24) is 0 Å². The van der Waals surface area contributed by atoms with Gasteiger partial charge in [0.25, 0.3) is 0 Å². The first-order valence-electron chi connectivity index (χ1n) is 3.32. The van der Waals surface area contributed by atoms with Crippen LogP contribution in [0.1, 0.15) is 10.4 Å². The van der Waals surface area contributed by atoms with Crippen LogP contribution in [0.2, 0.25) is 0 Å². The molecule has 1 aromatic carbocycles. The maximum absolute atomic E-state index is 11.1. The van der Waals surface area contributed by atoms with Crippen LogP contribution in [0.3, 0.4) is 0 Å². The number of allylic oxidation sites excluding steroid dienone is 1. The van der Waals surface area contributed by atoms with Gasteiger partial charge in [-0.2, -0.15) is 0 Å². The van der Waals surface area contributed by atoms with Crippen LogP contribution in [0.5, 0.6) is 0 Å². The summed E-state index contributed by atoms with van der Waals surface area (Å²) < 4.78 is 0. The van der Waals surface area contributed by atoms with E-state index in [0.29, 0.717) is 5.56 Å². The van der Waals surface area contributed by atoms with Crippen LogP contribution >= 0.6 is 0 Å². The molecule has 0 aromatic heterocycles. The molecular weight excluding hydrogens is 138 g/mol. The van der Waals surface area contributed by atoms with Gasteiger partial charge in [0.2, 0.25) is 0 Å². The Hall–Kier alpha value is -1.57. The van der Waals surface area contributed by atoms with Crippen LogP contribution in [0.25, 0.3) is 0 Å². The molecule has 0 spiro atoms. The molecule has 0 aliphatic rings. The molecule has 0 aliphatic carbocycles. The summed E-state index contributed by atoms with van der Waals surface area (Å²) in [7, 11) is 0. The van der Waals surface area contributed by atoms with E-state index in [1.165, 1.54) is 12.3 Å². The minimum Gasteiger partial charge on any atom is -0.404 e. The summed E-state index contributed by atoms with van der Waals surface area (Å²) in [5.41, 5.74) is 5.73. The van der Waals surface area contributed by atoms with Gasteiger partial charge >= 0.3 is 0 Å². The Morgan fingerprint density at radius 2 is 1.91 bits per heavy atom. The van der Waals surface area contributed by atoms with Crippen molar-refractivity contribution in [2.75, 3.05) is 0 Å². The van der Waals surface area contributed by atoms with Crippen LogP contribution in [0.4, 0.5) is 0 Å². The van der Waals surface area contributed by atoms with E-state index in [-0.39, 0.29) is 5.78 Å². The largest absolute Gasteiger partial charge is 0.404 e. The van der Waals surface area contributed by atoms with E-state index >= 15 is 0 Å². The van der Waals surface area contributed by atoms with Crippen molar-refractivity contribution in [1.29, 1.82) is 0 Å². The van der Waals surface area contributed by atoms with Crippen molar-refractivity contribution in [2.24, 2.45) is 5.73 Å². The highest BCUT2D eigenvalue weighted by Crippen LogP contribution is 1.99. The lowest BCUT2D eigenvalue weighted by atomic mass is 10.1. The summed E-state index contributed by atoms with van der Waals surface area (Å²) in [6, 6.07) is 9.00. The molecule has 2 N–H and O–H groups in total. The first kappa shape index (κ1) is 7.54. The Balaban J connectivity index is 2.86. The Morgan fingerprint density at radius 1 is 1.27 bits per heavy atom. The summed E-state index contributed by atoms with van der Waals surface area (Å²) in [6.45, 7) is 0. The molecule has 0 bridgehead atoms. The van der Waals surface area contributed by atoms with Gasteiger partial charge < -0.3 is 5.73 Å². The molecule has 0 amide bonds. The summed E-state index contributed by atoms with van der Waals surface area (Å²) >= 11 is 0. The molecule has 0 fully saturated rings. The van der Waals surface area contributed by atoms with Crippen molar-refractivity contribution in [2.45, 2.75) is 0 Å². The molecule has 2 heteroatoms. The zero-order chi connectivity index (χ0) is 8.10. The third-order valence-electron chi connectivity index (χ3n) is 1.31. The number of benzene rings is 1. The van der Waals surface area contributed by atoms with Gasteiger partial charge in [0.15, 0.2) is 5.78 Å². The van der Waals surface area contributed by atoms with E-state index in [0.717, 1.165) is 0 Å². The van der Waals surface area contributed by atoms with E-state index in [2.05, 4.69) is 0 Å². The molecule has 56 valence electrons. The number of rotatable bonds is 2. The first-order chi connectivity index (χ1) is 5.34. The third kappa shape index (κ3) is 1.93. The lowest BCUT2D eigenvalue weighted by Gasteiger charge is -1.91. The number of carbonyl (C=O) groups excluding carboxylic acids is 1. The van der Waals surface area contributed by atoms with Gasteiger partial charge in [-0.25, -0.2) is 0 Å². The number of carbonyl (C=O) groups is 1. The van der Waals surface area contributed by atoms with Gasteiger partial charge in [-0.1, -0.05) is 30.3 Å². The molecule has 0 radical (unpaired) electrons. The third-order valence-corrected chi connectivity index (χ3v) is 1.31. The van der Waals surface area contributed by atoms with Crippen molar-refractivity contribution in [3.05, 3.63) is 48.2 Å². The van der Waals surface area contributed by atoms with Gasteiger partial charge in [-0.15, -0.1) is 0 Å². The fourth-order valence-electron chi connectivity index (χ4n) is 0.786. The Kier molecular flexibility index (Phi) is 2.44. The molecule has 1 rings (SSSR count). The molecular formula is C9H9NO. The second-order valence-corrected chi connectivity index (χ2v) is 2.09. The fraction of sp³-hybridized carbons (Fsp3) is 0. The summed E-state index contributed by atoms with van der Waals surface area (Å²) in [5.74, 6) is -0.0619. The lowest BCUT2D eigenvalue weighted by Crippen LogP contribution is -1.94. The molecule has 0 unspecified atom stereocenters. The summed E-state index contributed by atoms with van der Waals surface area (Å²) in [5, 5.41) is 0. The van der Waals surface area contributed by atoms with Crippen LogP contribution < -0.4 is 5.73 Å². The molecule has 0 saturated heterocycles. The quantitative estimate of drug-likeness (QED) is 0.506. The van der Waals surface area contributed by atoms with Gasteiger partial charge in [-0.05, 0) is 6.20 Å². The van der Waals surface area contributed by atoms with Crippen molar-refractivity contribution in [3.8, 4) is 0 Å². The number of hydrogen-bond donors (Lipinski definition) is 1. The molecule has 2 nitrogen and oxygen atoms in total. The van der Waals surface area contributed by atoms with Crippen LogP contribution in [0.15, 0.2) is 42.6 Å². The zero-order valence-electron chi connectivity index (χ0n) is 6.03. The van der Waals surface area contributed by atoms with E-state index in [1.54, 1.807) is 12.1 Å². The predicted molar refractivity (Wildman–Crippen MR) is 44.1 cm³/mol. The molecule has 0 aliphatic heterocycles. The normalized spacial score (nSPS) is 10.2. The first-order valence-corrected chi connectivity index (χ1v) is 3.32. The van der Waals surface area contributed by atoms with E-state index in [1.807, 2.05) is 18.2 Å². The van der Waals surface area contributed by atoms with E-state index < -0.39 is 0 Å². The van der Waals surface area contributed by atoms with E-state index in [9.17, 15) is 4.79 Å². The molecule has 0 saturated carbocycles. The Morgan fingerprint density at radius 3 is 2.45 bits per heavy atom. The highest BCUT2D eigenvalue weighted by Gasteiger charge is 1.97. The average molecular weight is 147 g/mol. The number of ketones is 1. The zero-order valence-corrected chi connectivity index (χ0v) is 6.03. The van der Waals surface area contributed by atoms with Crippen molar-refractivity contribution in [3.63, 3.8) is 0 Å². The fourth-order valence-corrected chi connectivity index (χ4v) is 0.786. The predicted octanol–water partition coefficient (Wildman–Crippen LogP) is 1.34. The van der Waals surface area contributed by atoms with Crippen LogP contribution in [0, 0.1) is 0 Å². The Labute approximate surface area is 65.3 Å². The van der Waals surface area contributed by atoms with Crippen LogP contribution in [-0.4, -0.2) is 5.78 Å². The van der Waals surface area contributed by atoms with Crippen molar-refractivity contribution >= 4 is 5.78 Å². The number of hydrogen-bond acceptors (Lipinski definition) is 2. The SMILES string of the molecule is NC=CC(=O)c1ccccc1. The second-order valence-electron chi connectivity index (χ2n) is 2.09.